The summed E-state index contributed by atoms with van der Waals surface area (Å²) in [6.45, 7) is 1.17. The van der Waals surface area contributed by atoms with Crippen LogP contribution in [0.4, 0.5) is 0 Å². The van der Waals surface area contributed by atoms with Gasteiger partial charge < -0.3 is 14.5 Å². The molecular formula is C18H17NO3. The number of methoxy groups -OCH3 is 1. The first-order valence-corrected chi connectivity index (χ1v) is 7.12. The Bertz CT molecular complexity index is 825. The maximum Gasteiger partial charge on any atom is 0.340 e. The van der Waals surface area contributed by atoms with Gasteiger partial charge in [-0.3, -0.25) is 0 Å². The number of nitrogens with one attached hydrogen (secondary N) is 1. The zero-order valence-corrected chi connectivity index (χ0v) is 12.3. The van der Waals surface area contributed by atoms with Crippen molar-refractivity contribution >= 4 is 11.0 Å². The summed E-state index contributed by atoms with van der Waals surface area (Å²) < 4.78 is 10.6. The maximum atomic E-state index is 12.1. The molecule has 0 saturated carbocycles. The molecule has 4 nitrogen and oxygen atoms in total. The lowest BCUT2D eigenvalue weighted by atomic mass is 10.1. The van der Waals surface area contributed by atoms with Crippen molar-refractivity contribution in [2.75, 3.05) is 7.11 Å². The third-order valence-electron chi connectivity index (χ3n) is 3.50. The third kappa shape index (κ3) is 3.02. The second-order valence-electron chi connectivity index (χ2n) is 5.03. The molecule has 112 valence electrons. The van der Waals surface area contributed by atoms with E-state index in [9.17, 15) is 4.79 Å². The summed E-state index contributed by atoms with van der Waals surface area (Å²) in [4.78, 5) is 12.1. The molecule has 1 aromatic heterocycles. The van der Waals surface area contributed by atoms with Crippen molar-refractivity contribution in [3.63, 3.8) is 0 Å². The van der Waals surface area contributed by atoms with E-state index in [4.69, 9.17) is 9.15 Å². The van der Waals surface area contributed by atoms with Crippen LogP contribution in [0.3, 0.4) is 0 Å². The van der Waals surface area contributed by atoms with E-state index in [-0.39, 0.29) is 5.63 Å². The Labute approximate surface area is 128 Å². The van der Waals surface area contributed by atoms with Gasteiger partial charge >= 0.3 is 5.63 Å². The van der Waals surface area contributed by atoms with Gasteiger partial charge in [-0.1, -0.05) is 42.5 Å². The Morgan fingerprint density at radius 1 is 1.05 bits per heavy atom. The first kappa shape index (κ1) is 14.4. The van der Waals surface area contributed by atoms with Gasteiger partial charge in [0.15, 0.2) is 11.3 Å². The topological polar surface area (TPSA) is 51.5 Å². The van der Waals surface area contributed by atoms with E-state index in [1.165, 1.54) is 5.56 Å². The van der Waals surface area contributed by atoms with Crippen molar-refractivity contribution in [2.24, 2.45) is 0 Å². The number of para-hydroxylation sites is 1. The Morgan fingerprint density at radius 3 is 2.64 bits per heavy atom. The van der Waals surface area contributed by atoms with Crippen LogP contribution < -0.4 is 15.7 Å². The van der Waals surface area contributed by atoms with Crippen molar-refractivity contribution in [2.45, 2.75) is 13.1 Å². The number of rotatable bonds is 5. The monoisotopic (exact) mass is 295 g/mol. The summed E-state index contributed by atoms with van der Waals surface area (Å²) in [6, 6.07) is 17.5. The van der Waals surface area contributed by atoms with Gasteiger partial charge in [0.2, 0.25) is 0 Å². The molecule has 0 radical (unpaired) electrons. The van der Waals surface area contributed by atoms with Crippen molar-refractivity contribution in [3.05, 3.63) is 76.1 Å². The summed E-state index contributed by atoms with van der Waals surface area (Å²) in [5.41, 5.74) is 1.94. The predicted octanol–water partition coefficient (Wildman–Crippen LogP) is 3.09. The van der Waals surface area contributed by atoms with E-state index < -0.39 is 0 Å². The van der Waals surface area contributed by atoms with Crippen LogP contribution in [0.5, 0.6) is 5.75 Å². The molecular weight excluding hydrogens is 278 g/mol. The standard InChI is InChI=1S/C18H17NO3/c1-21-16-9-5-8-14-10-15(18(20)22-17(14)16)12-19-11-13-6-3-2-4-7-13/h2-10,19H,11-12H2,1H3. The van der Waals surface area contributed by atoms with Gasteiger partial charge in [0.25, 0.3) is 0 Å². The Hall–Kier alpha value is -2.59. The molecule has 4 heteroatoms. The molecule has 2 aromatic carbocycles. The van der Waals surface area contributed by atoms with Gasteiger partial charge in [0.05, 0.1) is 12.7 Å². The van der Waals surface area contributed by atoms with Crippen LogP contribution in [0.1, 0.15) is 11.1 Å². The van der Waals surface area contributed by atoms with Gasteiger partial charge in [0, 0.05) is 18.5 Å². The molecule has 0 amide bonds. The van der Waals surface area contributed by atoms with Crippen molar-refractivity contribution in [3.8, 4) is 5.75 Å². The SMILES string of the molecule is COc1cccc2cc(CNCc3ccccc3)c(=O)oc12. The fourth-order valence-electron chi connectivity index (χ4n) is 2.38. The minimum atomic E-state index is -0.336. The molecule has 1 heterocycles. The highest BCUT2D eigenvalue weighted by Gasteiger charge is 2.08. The zero-order chi connectivity index (χ0) is 15.4. The lowest BCUT2D eigenvalue weighted by Gasteiger charge is -2.07. The molecule has 3 aromatic rings. The van der Waals surface area contributed by atoms with Gasteiger partial charge in [-0.25, -0.2) is 4.79 Å². The highest BCUT2D eigenvalue weighted by atomic mass is 16.5. The number of fused-ring (bicyclic) bond motifs is 1. The van der Waals surface area contributed by atoms with Crippen LogP contribution in [0.25, 0.3) is 11.0 Å². The van der Waals surface area contributed by atoms with Crippen LogP contribution in [-0.4, -0.2) is 7.11 Å². The van der Waals surface area contributed by atoms with E-state index in [0.29, 0.717) is 30.0 Å². The van der Waals surface area contributed by atoms with E-state index in [1.54, 1.807) is 13.2 Å². The van der Waals surface area contributed by atoms with Crippen molar-refractivity contribution < 1.29 is 9.15 Å². The number of hydrogen-bond acceptors (Lipinski definition) is 4. The molecule has 3 rings (SSSR count). The van der Waals surface area contributed by atoms with Crippen LogP contribution in [-0.2, 0) is 13.1 Å². The minimum Gasteiger partial charge on any atom is -0.493 e. The number of ether oxygens (including phenoxy) is 1. The highest BCUT2D eigenvalue weighted by Crippen LogP contribution is 2.24. The number of hydrogen-bond donors (Lipinski definition) is 1. The van der Waals surface area contributed by atoms with Crippen molar-refractivity contribution in [1.82, 2.24) is 5.32 Å². The third-order valence-corrected chi connectivity index (χ3v) is 3.50. The van der Waals surface area contributed by atoms with Crippen LogP contribution >= 0.6 is 0 Å². The molecule has 22 heavy (non-hydrogen) atoms. The van der Waals surface area contributed by atoms with E-state index >= 15 is 0 Å². The summed E-state index contributed by atoms with van der Waals surface area (Å²) in [7, 11) is 1.56. The largest absolute Gasteiger partial charge is 0.493 e. The van der Waals surface area contributed by atoms with Gasteiger partial charge in [0.1, 0.15) is 0 Å². The average Bonchev–Trinajstić information content (AvgIpc) is 2.56. The molecule has 0 aliphatic rings. The fraction of sp³-hybridized carbons (Fsp3) is 0.167. The van der Waals surface area contributed by atoms with E-state index in [1.807, 2.05) is 48.5 Å². The first-order valence-electron chi connectivity index (χ1n) is 7.12. The van der Waals surface area contributed by atoms with Gasteiger partial charge in [-0.2, -0.15) is 0 Å². The number of benzene rings is 2. The molecule has 0 unspecified atom stereocenters. The normalized spacial score (nSPS) is 10.8. The predicted molar refractivity (Wildman–Crippen MR) is 86.0 cm³/mol. The summed E-state index contributed by atoms with van der Waals surface area (Å²) in [6.07, 6.45) is 0. The average molecular weight is 295 g/mol. The Morgan fingerprint density at radius 2 is 1.86 bits per heavy atom. The Balaban J connectivity index is 1.79. The molecule has 1 N–H and O–H groups in total. The summed E-state index contributed by atoms with van der Waals surface area (Å²) >= 11 is 0. The Kier molecular flexibility index (Phi) is 4.21. The van der Waals surface area contributed by atoms with Gasteiger partial charge in [-0.15, -0.1) is 0 Å². The zero-order valence-electron chi connectivity index (χ0n) is 12.3. The lowest BCUT2D eigenvalue weighted by molar-refractivity contribution is 0.406. The van der Waals surface area contributed by atoms with Crippen LogP contribution in [0, 0.1) is 0 Å². The molecule has 0 aliphatic carbocycles. The van der Waals surface area contributed by atoms with E-state index in [2.05, 4.69) is 5.32 Å². The van der Waals surface area contributed by atoms with Crippen LogP contribution in [0.15, 0.2) is 63.8 Å². The summed E-state index contributed by atoms with van der Waals surface area (Å²) in [5, 5.41) is 4.12. The maximum absolute atomic E-state index is 12.1. The van der Waals surface area contributed by atoms with E-state index in [0.717, 1.165) is 5.39 Å². The van der Waals surface area contributed by atoms with Crippen LogP contribution in [0.2, 0.25) is 0 Å². The minimum absolute atomic E-state index is 0.336. The molecule has 0 aliphatic heterocycles. The second-order valence-corrected chi connectivity index (χ2v) is 5.03. The molecule has 0 atom stereocenters. The highest BCUT2D eigenvalue weighted by molar-refractivity contribution is 5.82. The molecule has 0 fully saturated rings. The molecule has 0 saturated heterocycles. The first-order chi connectivity index (χ1) is 10.8. The smallest absolute Gasteiger partial charge is 0.340 e. The van der Waals surface area contributed by atoms with Crippen molar-refractivity contribution in [1.29, 1.82) is 0 Å². The second kappa shape index (κ2) is 6.45. The fourth-order valence-corrected chi connectivity index (χ4v) is 2.38. The molecule has 0 bridgehead atoms. The lowest BCUT2D eigenvalue weighted by Crippen LogP contribution is -2.18. The van der Waals surface area contributed by atoms with Gasteiger partial charge in [-0.05, 0) is 17.7 Å². The summed E-state index contributed by atoms with van der Waals surface area (Å²) in [5.74, 6) is 0.568. The molecule has 0 spiro atoms. The quantitative estimate of drug-likeness (QED) is 0.735.